The largest absolute Gasteiger partial charge is 0.450 e. The summed E-state index contributed by atoms with van der Waals surface area (Å²) in [5.41, 5.74) is 0.949. The number of carbonyl (C=O) groups is 2. The minimum absolute atomic E-state index is 0.0136. The Kier molecular flexibility index (Phi) is 2.77. The van der Waals surface area contributed by atoms with Crippen molar-refractivity contribution < 1.29 is 22.8 Å². The van der Waals surface area contributed by atoms with E-state index in [0.717, 1.165) is 0 Å². The van der Waals surface area contributed by atoms with Crippen molar-refractivity contribution in [1.82, 2.24) is 0 Å². The van der Waals surface area contributed by atoms with Crippen molar-refractivity contribution in [3.8, 4) is 0 Å². The minimum atomic E-state index is -4.86. The van der Waals surface area contributed by atoms with Crippen LogP contribution in [0.2, 0.25) is 0 Å². The molecule has 1 atom stereocenters. The average molecular weight is 242 g/mol. The summed E-state index contributed by atoms with van der Waals surface area (Å²) >= 11 is 0. The fraction of sp³-hybridized carbons (Fsp3) is 0.333. The highest BCUT2D eigenvalue weighted by Gasteiger charge is 2.45. The first-order chi connectivity index (χ1) is 7.89. The topological polar surface area (TPSA) is 34.1 Å². The van der Waals surface area contributed by atoms with Crippen LogP contribution in [0.1, 0.15) is 22.3 Å². The Morgan fingerprint density at radius 2 is 1.82 bits per heavy atom. The first kappa shape index (κ1) is 11.8. The number of benzene rings is 1. The maximum absolute atomic E-state index is 12.3. The van der Waals surface area contributed by atoms with Gasteiger partial charge >= 0.3 is 6.18 Å². The SMILES string of the molecule is O=C1CC(C(=O)C(F)(F)F)Cc2ccccc21. The van der Waals surface area contributed by atoms with E-state index in [0.29, 0.717) is 11.1 Å². The van der Waals surface area contributed by atoms with Crippen molar-refractivity contribution in [2.24, 2.45) is 5.92 Å². The molecule has 90 valence electrons. The van der Waals surface area contributed by atoms with Gasteiger partial charge in [0.25, 0.3) is 0 Å². The standard InChI is InChI=1S/C12H9F3O2/c13-12(14,15)11(17)8-5-7-3-1-2-4-9(7)10(16)6-8/h1-4,8H,5-6H2. The van der Waals surface area contributed by atoms with E-state index >= 15 is 0 Å². The lowest BCUT2D eigenvalue weighted by Crippen LogP contribution is -2.35. The molecule has 5 heteroatoms. The molecule has 2 nitrogen and oxygen atoms in total. The van der Waals surface area contributed by atoms with E-state index in [2.05, 4.69) is 0 Å². The molecule has 1 aliphatic rings. The number of alkyl halides is 3. The number of hydrogen-bond acceptors (Lipinski definition) is 2. The Balaban J connectivity index is 2.29. The summed E-state index contributed by atoms with van der Waals surface area (Å²) < 4.78 is 36.8. The highest BCUT2D eigenvalue weighted by Crippen LogP contribution is 2.31. The average Bonchev–Trinajstić information content (AvgIpc) is 2.27. The normalized spacial score (nSPS) is 19.9. The van der Waals surface area contributed by atoms with Crippen molar-refractivity contribution >= 4 is 11.6 Å². The zero-order chi connectivity index (χ0) is 12.6. The second-order valence-electron chi connectivity index (χ2n) is 4.05. The van der Waals surface area contributed by atoms with Gasteiger partial charge in [0.1, 0.15) is 0 Å². The Hall–Kier alpha value is -1.65. The van der Waals surface area contributed by atoms with E-state index in [9.17, 15) is 22.8 Å². The van der Waals surface area contributed by atoms with Crippen molar-refractivity contribution in [3.63, 3.8) is 0 Å². The van der Waals surface area contributed by atoms with Gasteiger partial charge in [0.15, 0.2) is 5.78 Å². The van der Waals surface area contributed by atoms with E-state index in [1.165, 1.54) is 0 Å². The number of fused-ring (bicyclic) bond motifs is 1. The molecule has 0 fully saturated rings. The number of ketones is 2. The molecule has 0 amide bonds. The van der Waals surface area contributed by atoms with Crippen LogP contribution in [0.3, 0.4) is 0 Å². The van der Waals surface area contributed by atoms with Crippen LogP contribution in [0.5, 0.6) is 0 Å². The fourth-order valence-corrected chi connectivity index (χ4v) is 2.06. The number of hydrogen-bond donors (Lipinski definition) is 0. The molecule has 17 heavy (non-hydrogen) atoms. The summed E-state index contributed by atoms with van der Waals surface area (Å²) in [5, 5.41) is 0. The van der Waals surface area contributed by atoms with Gasteiger partial charge in [-0.2, -0.15) is 13.2 Å². The van der Waals surface area contributed by atoms with Gasteiger partial charge in [-0.25, -0.2) is 0 Å². The molecule has 0 N–H and O–H groups in total. The number of halogens is 3. The van der Waals surface area contributed by atoms with Crippen molar-refractivity contribution in [2.45, 2.75) is 19.0 Å². The molecule has 1 aromatic carbocycles. The van der Waals surface area contributed by atoms with Crippen molar-refractivity contribution in [1.29, 1.82) is 0 Å². The molecule has 0 aromatic heterocycles. The molecule has 0 heterocycles. The van der Waals surface area contributed by atoms with E-state index in [1.807, 2.05) is 0 Å². The maximum Gasteiger partial charge on any atom is 0.450 e. The maximum atomic E-state index is 12.3. The van der Waals surface area contributed by atoms with E-state index in [4.69, 9.17) is 0 Å². The summed E-state index contributed by atoms with van der Waals surface area (Å²) in [5.74, 6) is -3.47. The number of rotatable bonds is 1. The van der Waals surface area contributed by atoms with Gasteiger partial charge < -0.3 is 0 Å². The molecular weight excluding hydrogens is 233 g/mol. The van der Waals surface area contributed by atoms with Gasteiger partial charge in [-0.15, -0.1) is 0 Å². The predicted molar refractivity (Wildman–Crippen MR) is 53.6 cm³/mol. The molecule has 0 saturated heterocycles. The number of Topliss-reactive ketones (excluding diaryl/α,β-unsaturated/α-hetero) is 2. The van der Waals surface area contributed by atoms with Crippen LogP contribution in [0, 0.1) is 5.92 Å². The van der Waals surface area contributed by atoms with E-state index < -0.39 is 23.7 Å². The third-order valence-corrected chi connectivity index (χ3v) is 2.87. The lowest BCUT2D eigenvalue weighted by Gasteiger charge is -2.23. The second kappa shape index (κ2) is 3.98. The molecule has 0 spiro atoms. The summed E-state index contributed by atoms with van der Waals surface area (Å²) in [7, 11) is 0. The van der Waals surface area contributed by atoms with Crippen molar-refractivity contribution in [3.05, 3.63) is 35.4 Å². The van der Waals surface area contributed by atoms with Gasteiger partial charge in [0, 0.05) is 17.9 Å². The Morgan fingerprint density at radius 3 is 2.47 bits per heavy atom. The first-order valence-corrected chi connectivity index (χ1v) is 5.11. The van der Waals surface area contributed by atoms with E-state index in [-0.39, 0.29) is 12.8 Å². The molecule has 2 rings (SSSR count). The third kappa shape index (κ3) is 2.23. The Labute approximate surface area is 95.4 Å². The summed E-state index contributed by atoms with van der Waals surface area (Å²) in [6.45, 7) is 0. The minimum Gasteiger partial charge on any atom is -0.294 e. The molecule has 0 radical (unpaired) electrons. The Morgan fingerprint density at radius 1 is 1.18 bits per heavy atom. The molecule has 0 saturated carbocycles. The molecule has 1 aliphatic carbocycles. The lowest BCUT2D eigenvalue weighted by molar-refractivity contribution is -0.175. The molecule has 1 aromatic rings. The highest BCUT2D eigenvalue weighted by molar-refractivity contribution is 6.02. The monoisotopic (exact) mass is 242 g/mol. The molecule has 1 unspecified atom stereocenters. The Bertz CT molecular complexity index is 477. The summed E-state index contributed by atoms with van der Waals surface area (Å²) in [6.07, 6.45) is -5.23. The van der Waals surface area contributed by atoms with Crippen LogP contribution in [0.4, 0.5) is 13.2 Å². The third-order valence-electron chi connectivity index (χ3n) is 2.87. The zero-order valence-corrected chi connectivity index (χ0v) is 8.75. The molecule has 0 bridgehead atoms. The van der Waals surface area contributed by atoms with E-state index in [1.54, 1.807) is 24.3 Å². The fourth-order valence-electron chi connectivity index (χ4n) is 2.06. The second-order valence-corrected chi connectivity index (χ2v) is 4.05. The van der Waals surface area contributed by atoms with Gasteiger partial charge in [0.2, 0.25) is 5.78 Å². The van der Waals surface area contributed by atoms with Gasteiger partial charge in [-0.1, -0.05) is 24.3 Å². The van der Waals surface area contributed by atoms with Crippen molar-refractivity contribution in [2.75, 3.05) is 0 Å². The van der Waals surface area contributed by atoms with Crippen LogP contribution in [-0.4, -0.2) is 17.7 Å². The smallest absolute Gasteiger partial charge is 0.294 e. The lowest BCUT2D eigenvalue weighted by atomic mass is 9.81. The molecule has 0 aliphatic heterocycles. The van der Waals surface area contributed by atoms with Crippen LogP contribution in [-0.2, 0) is 11.2 Å². The van der Waals surface area contributed by atoms with Crippen LogP contribution >= 0.6 is 0 Å². The molecular formula is C12H9F3O2. The summed E-state index contributed by atoms with van der Waals surface area (Å²) in [4.78, 5) is 22.7. The predicted octanol–water partition coefficient (Wildman–Crippen LogP) is 2.56. The van der Waals surface area contributed by atoms with Crippen LogP contribution in [0.25, 0.3) is 0 Å². The first-order valence-electron chi connectivity index (χ1n) is 5.11. The zero-order valence-electron chi connectivity index (χ0n) is 8.75. The van der Waals surface area contributed by atoms with Gasteiger partial charge in [0.05, 0.1) is 0 Å². The summed E-state index contributed by atoms with van der Waals surface area (Å²) in [6, 6.07) is 6.46. The van der Waals surface area contributed by atoms with Crippen LogP contribution in [0.15, 0.2) is 24.3 Å². The highest BCUT2D eigenvalue weighted by atomic mass is 19.4. The van der Waals surface area contributed by atoms with Gasteiger partial charge in [-0.05, 0) is 12.0 Å². The van der Waals surface area contributed by atoms with Gasteiger partial charge in [-0.3, -0.25) is 9.59 Å². The number of carbonyl (C=O) groups excluding carboxylic acids is 2. The quantitative estimate of drug-likeness (QED) is 0.758. The van der Waals surface area contributed by atoms with Crippen LogP contribution < -0.4 is 0 Å².